The fourth-order valence-electron chi connectivity index (χ4n) is 0.639. The number of carbonyl (C=O) groups excluding carboxylic acids is 1. The van der Waals surface area contributed by atoms with E-state index in [4.69, 9.17) is 20.4 Å². The van der Waals surface area contributed by atoms with Gasteiger partial charge in [-0.3, -0.25) is 4.79 Å². The van der Waals surface area contributed by atoms with Gasteiger partial charge in [0.1, 0.15) is 0 Å². The molecule has 4 N–H and O–H groups in total. The third kappa shape index (κ3) is 1.82. The van der Waals surface area contributed by atoms with Crippen LogP contribution in [0.3, 0.4) is 0 Å². The Morgan fingerprint density at radius 3 is 1.69 bits per heavy atom. The molecule has 74 valence electrons. The molecule has 0 aliphatic rings. The number of Topliss-reactive ketones (excluding diaryl/α,β-unsaturated/α-hetero) is 1. The number of aliphatic hydroxyl groups is 2. The molecule has 0 aromatic rings. The average Bonchev–Trinajstić information content (AvgIpc) is 2.00. The van der Waals surface area contributed by atoms with E-state index in [1.807, 2.05) is 0 Å². The van der Waals surface area contributed by atoms with Gasteiger partial charge < -0.3 is 20.4 Å². The summed E-state index contributed by atoms with van der Waals surface area (Å²) in [5.74, 6) is -5.44. The summed E-state index contributed by atoms with van der Waals surface area (Å²) in [5, 5.41) is 34.3. The summed E-state index contributed by atoms with van der Waals surface area (Å²) in [6.07, 6.45) is -2.68. The average molecular weight is 192 g/mol. The van der Waals surface area contributed by atoms with E-state index in [1.54, 1.807) is 0 Å². The van der Waals surface area contributed by atoms with Crippen LogP contribution in [0.15, 0.2) is 0 Å². The maximum atomic E-state index is 10.6. The molecule has 2 unspecified atom stereocenters. The first-order valence-corrected chi connectivity index (χ1v) is 3.12. The fraction of sp³-hybridized carbons (Fsp3) is 0.500. The number of ketones is 1. The Kier molecular flexibility index (Phi) is 3.10. The highest BCUT2D eigenvalue weighted by atomic mass is 16.4. The van der Waals surface area contributed by atoms with E-state index in [0.29, 0.717) is 6.92 Å². The van der Waals surface area contributed by atoms with E-state index in [0.717, 1.165) is 0 Å². The van der Waals surface area contributed by atoms with Crippen molar-refractivity contribution in [2.75, 3.05) is 0 Å². The third-order valence-corrected chi connectivity index (χ3v) is 1.49. The van der Waals surface area contributed by atoms with Gasteiger partial charge in [-0.05, 0) is 6.92 Å². The molecule has 0 radical (unpaired) electrons. The lowest BCUT2D eigenvalue weighted by atomic mass is 9.92. The van der Waals surface area contributed by atoms with Crippen LogP contribution in [0.25, 0.3) is 0 Å². The molecule has 7 nitrogen and oxygen atoms in total. The summed E-state index contributed by atoms with van der Waals surface area (Å²) in [6, 6.07) is 0. The van der Waals surface area contributed by atoms with Gasteiger partial charge in [-0.1, -0.05) is 0 Å². The number of carboxylic acid groups (broad SMARTS) is 2. The standard InChI is InChI=1S/C6H8O7/c1-2(7)6(13,5(11)12)3(8)4(9)10/h3,8,13H,1H3,(H,9,10)(H,11,12). The maximum Gasteiger partial charge on any atom is 0.347 e. The van der Waals surface area contributed by atoms with Crippen LogP contribution in [0.5, 0.6) is 0 Å². The Morgan fingerprint density at radius 2 is 1.62 bits per heavy atom. The van der Waals surface area contributed by atoms with E-state index < -0.39 is 29.4 Å². The molecular formula is C6H8O7. The molecule has 0 saturated heterocycles. The topological polar surface area (TPSA) is 132 Å². The Morgan fingerprint density at radius 1 is 1.23 bits per heavy atom. The first kappa shape index (κ1) is 11.5. The van der Waals surface area contributed by atoms with Crippen molar-refractivity contribution in [1.82, 2.24) is 0 Å². The minimum Gasteiger partial charge on any atom is -0.479 e. The Hall–Kier alpha value is -1.47. The van der Waals surface area contributed by atoms with Gasteiger partial charge in [0.05, 0.1) is 0 Å². The van der Waals surface area contributed by atoms with Crippen molar-refractivity contribution in [2.45, 2.75) is 18.6 Å². The van der Waals surface area contributed by atoms with Crippen LogP contribution < -0.4 is 0 Å². The van der Waals surface area contributed by atoms with E-state index >= 15 is 0 Å². The van der Waals surface area contributed by atoms with Gasteiger partial charge in [-0.2, -0.15) is 0 Å². The van der Waals surface area contributed by atoms with Crippen molar-refractivity contribution in [2.24, 2.45) is 0 Å². The second-order valence-electron chi connectivity index (χ2n) is 2.37. The van der Waals surface area contributed by atoms with Gasteiger partial charge in [0.2, 0.25) is 0 Å². The van der Waals surface area contributed by atoms with Crippen LogP contribution in [0.2, 0.25) is 0 Å². The predicted octanol–water partition coefficient (Wildman–Crippen LogP) is -2.16. The zero-order chi connectivity index (χ0) is 10.8. The fourth-order valence-corrected chi connectivity index (χ4v) is 0.639. The zero-order valence-electron chi connectivity index (χ0n) is 6.59. The maximum absolute atomic E-state index is 10.6. The molecule has 0 spiro atoms. The lowest BCUT2D eigenvalue weighted by Crippen LogP contribution is -2.58. The number of carbonyl (C=O) groups is 3. The largest absolute Gasteiger partial charge is 0.479 e. The molecule has 0 bridgehead atoms. The first-order chi connectivity index (χ1) is 5.74. The predicted molar refractivity (Wildman–Crippen MR) is 36.9 cm³/mol. The highest BCUT2D eigenvalue weighted by molar-refractivity contribution is 6.09. The van der Waals surface area contributed by atoms with E-state index in [9.17, 15) is 14.4 Å². The molecule has 13 heavy (non-hydrogen) atoms. The second kappa shape index (κ2) is 3.50. The molecule has 0 aromatic heterocycles. The van der Waals surface area contributed by atoms with E-state index in [1.165, 1.54) is 0 Å². The van der Waals surface area contributed by atoms with E-state index in [2.05, 4.69) is 0 Å². The summed E-state index contributed by atoms with van der Waals surface area (Å²) in [4.78, 5) is 31.0. The van der Waals surface area contributed by atoms with Gasteiger partial charge in [0, 0.05) is 0 Å². The molecule has 0 aliphatic carbocycles. The minimum absolute atomic E-state index is 0.667. The SMILES string of the molecule is CC(=O)C(O)(C(=O)O)C(O)C(=O)O. The van der Waals surface area contributed by atoms with Crippen molar-refractivity contribution in [3.63, 3.8) is 0 Å². The second-order valence-corrected chi connectivity index (χ2v) is 2.37. The molecule has 0 aliphatic heterocycles. The lowest BCUT2D eigenvalue weighted by Gasteiger charge is -2.22. The van der Waals surface area contributed by atoms with Crippen molar-refractivity contribution in [1.29, 1.82) is 0 Å². The summed E-state index contributed by atoms with van der Waals surface area (Å²) < 4.78 is 0. The molecule has 0 rings (SSSR count). The number of carboxylic acids is 2. The van der Waals surface area contributed by atoms with Gasteiger partial charge >= 0.3 is 11.9 Å². The lowest BCUT2D eigenvalue weighted by molar-refractivity contribution is -0.185. The summed E-state index contributed by atoms with van der Waals surface area (Å²) >= 11 is 0. The summed E-state index contributed by atoms with van der Waals surface area (Å²) in [6.45, 7) is 0.667. The molecule has 0 heterocycles. The van der Waals surface area contributed by atoms with Crippen molar-refractivity contribution >= 4 is 17.7 Å². The number of hydrogen-bond donors (Lipinski definition) is 4. The van der Waals surface area contributed by atoms with Crippen LogP contribution in [0.1, 0.15) is 6.92 Å². The number of aliphatic hydroxyl groups excluding tert-OH is 1. The summed E-state index contributed by atoms with van der Waals surface area (Å²) in [5.41, 5.74) is -3.29. The molecule has 0 aromatic carbocycles. The van der Waals surface area contributed by atoms with Gasteiger partial charge in [0.15, 0.2) is 11.9 Å². The van der Waals surface area contributed by atoms with Crippen LogP contribution in [0, 0.1) is 0 Å². The quantitative estimate of drug-likeness (QED) is 0.373. The molecule has 7 heteroatoms. The minimum atomic E-state index is -3.29. The van der Waals surface area contributed by atoms with Gasteiger partial charge in [-0.25, -0.2) is 9.59 Å². The van der Waals surface area contributed by atoms with Crippen LogP contribution in [-0.4, -0.2) is 49.9 Å². The third-order valence-electron chi connectivity index (χ3n) is 1.49. The van der Waals surface area contributed by atoms with Crippen molar-refractivity contribution < 1.29 is 34.8 Å². The number of rotatable bonds is 4. The van der Waals surface area contributed by atoms with E-state index in [-0.39, 0.29) is 0 Å². The van der Waals surface area contributed by atoms with Crippen LogP contribution in [-0.2, 0) is 14.4 Å². The number of aliphatic carboxylic acids is 2. The van der Waals surface area contributed by atoms with Gasteiger partial charge in [0.25, 0.3) is 5.60 Å². The number of hydrogen-bond acceptors (Lipinski definition) is 5. The molecule has 0 fully saturated rings. The Balaban J connectivity index is 5.13. The molecule has 0 amide bonds. The van der Waals surface area contributed by atoms with Crippen LogP contribution in [0.4, 0.5) is 0 Å². The highest BCUT2D eigenvalue weighted by Crippen LogP contribution is 2.13. The van der Waals surface area contributed by atoms with Gasteiger partial charge in [-0.15, -0.1) is 0 Å². The molecule has 0 saturated carbocycles. The molecular weight excluding hydrogens is 184 g/mol. The smallest absolute Gasteiger partial charge is 0.347 e. The Bertz CT molecular complexity index is 242. The molecule has 2 atom stereocenters. The summed E-state index contributed by atoms with van der Waals surface area (Å²) in [7, 11) is 0. The van der Waals surface area contributed by atoms with Crippen molar-refractivity contribution in [3.8, 4) is 0 Å². The Labute approximate surface area is 72.2 Å². The monoisotopic (exact) mass is 192 g/mol. The van der Waals surface area contributed by atoms with Crippen molar-refractivity contribution in [3.05, 3.63) is 0 Å². The first-order valence-electron chi connectivity index (χ1n) is 3.12. The van der Waals surface area contributed by atoms with Crippen LogP contribution >= 0.6 is 0 Å². The zero-order valence-corrected chi connectivity index (χ0v) is 6.59. The normalized spacial score (nSPS) is 17.2. The highest BCUT2D eigenvalue weighted by Gasteiger charge is 2.52.